The maximum absolute atomic E-state index is 12.7. The average Bonchev–Trinajstić information content (AvgIpc) is 3.15. The predicted molar refractivity (Wildman–Crippen MR) is 103 cm³/mol. The predicted octanol–water partition coefficient (Wildman–Crippen LogP) is 4.56. The Hall–Kier alpha value is -3.91. The zero-order valence-corrected chi connectivity index (χ0v) is 14.4. The van der Waals surface area contributed by atoms with Crippen molar-refractivity contribution in [3.8, 4) is 5.69 Å². The number of rotatable bonds is 1. The zero-order valence-electron chi connectivity index (χ0n) is 14.4. The van der Waals surface area contributed by atoms with Crippen LogP contribution in [-0.2, 0) is 0 Å². The molecule has 0 aliphatic carbocycles. The Kier molecular flexibility index (Phi) is 3.01. The van der Waals surface area contributed by atoms with Gasteiger partial charge in [0.1, 0.15) is 0 Å². The molecule has 0 atom stereocenters. The highest BCUT2D eigenvalue weighted by molar-refractivity contribution is 6.23. The number of benzene rings is 3. The number of imide groups is 1. The van der Waals surface area contributed by atoms with Gasteiger partial charge < -0.3 is 4.57 Å². The molecule has 4 aromatic rings. The molecule has 0 saturated carbocycles. The third kappa shape index (κ3) is 1.92. The van der Waals surface area contributed by atoms with Gasteiger partial charge >= 0.3 is 0 Å². The molecule has 0 bridgehead atoms. The SMILES string of the molecule is [C-]#[N+]c1ccc2c(c1)c1ccccc1n2-c1cccc2c1C(=O)N(C)C2=O. The normalized spacial score (nSPS) is 13.4. The third-order valence-corrected chi connectivity index (χ3v) is 5.12. The van der Waals surface area contributed by atoms with Crippen molar-refractivity contribution in [1.29, 1.82) is 0 Å². The number of fused-ring (bicyclic) bond motifs is 4. The summed E-state index contributed by atoms with van der Waals surface area (Å²) in [6.07, 6.45) is 0. The van der Waals surface area contributed by atoms with E-state index in [0.29, 0.717) is 22.5 Å². The zero-order chi connectivity index (χ0) is 18.7. The molecule has 27 heavy (non-hydrogen) atoms. The van der Waals surface area contributed by atoms with Crippen LogP contribution in [0, 0.1) is 6.57 Å². The Morgan fingerprint density at radius 3 is 2.44 bits per heavy atom. The largest absolute Gasteiger partial charge is 0.309 e. The lowest BCUT2D eigenvalue weighted by Crippen LogP contribution is -2.24. The molecule has 0 N–H and O–H groups in total. The highest BCUT2D eigenvalue weighted by atomic mass is 16.2. The van der Waals surface area contributed by atoms with Gasteiger partial charge in [0.25, 0.3) is 11.8 Å². The lowest BCUT2D eigenvalue weighted by atomic mass is 10.1. The lowest BCUT2D eigenvalue weighted by Gasteiger charge is -2.11. The Balaban J connectivity index is 1.95. The number of para-hydroxylation sites is 1. The second kappa shape index (κ2) is 5.29. The highest BCUT2D eigenvalue weighted by Gasteiger charge is 2.35. The Morgan fingerprint density at radius 2 is 1.63 bits per heavy atom. The average molecular weight is 351 g/mol. The first kappa shape index (κ1) is 15.4. The van der Waals surface area contributed by atoms with E-state index in [-0.39, 0.29) is 11.8 Å². The molecule has 0 saturated heterocycles. The molecule has 0 fully saturated rings. The number of hydrogen-bond donors (Lipinski definition) is 0. The topological polar surface area (TPSA) is 46.7 Å². The van der Waals surface area contributed by atoms with Crippen LogP contribution in [0.1, 0.15) is 20.7 Å². The molecule has 0 radical (unpaired) electrons. The monoisotopic (exact) mass is 351 g/mol. The first-order valence-electron chi connectivity index (χ1n) is 8.48. The van der Waals surface area contributed by atoms with E-state index < -0.39 is 0 Å². The summed E-state index contributed by atoms with van der Waals surface area (Å²) in [4.78, 5) is 29.8. The van der Waals surface area contributed by atoms with Crippen molar-refractivity contribution in [2.45, 2.75) is 0 Å². The van der Waals surface area contributed by atoms with Crippen LogP contribution in [-0.4, -0.2) is 28.3 Å². The highest BCUT2D eigenvalue weighted by Crippen LogP contribution is 2.37. The standard InChI is InChI=1S/C22H13N3O2/c1-23-13-10-11-18-16(12-13)14-6-3-4-8-17(14)25(18)19-9-5-7-15-20(19)22(27)24(2)21(15)26/h3-12H,2H3. The molecule has 2 heterocycles. The molecule has 5 heteroatoms. The molecular weight excluding hydrogens is 338 g/mol. The fourth-order valence-electron chi connectivity index (χ4n) is 3.86. The smallest absolute Gasteiger partial charge is 0.263 e. The van der Waals surface area contributed by atoms with Crippen LogP contribution in [0.15, 0.2) is 60.7 Å². The molecule has 5 rings (SSSR count). The summed E-state index contributed by atoms with van der Waals surface area (Å²) in [5.74, 6) is -0.581. The molecule has 1 aliphatic rings. The Bertz CT molecular complexity index is 1340. The van der Waals surface area contributed by atoms with Crippen molar-refractivity contribution < 1.29 is 9.59 Å². The maximum atomic E-state index is 12.7. The van der Waals surface area contributed by atoms with E-state index in [4.69, 9.17) is 6.57 Å². The van der Waals surface area contributed by atoms with Crippen molar-refractivity contribution in [2.24, 2.45) is 0 Å². The summed E-state index contributed by atoms with van der Waals surface area (Å²) in [5.41, 5.74) is 3.90. The Morgan fingerprint density at radius 1 is 0.852 bits per heavy atom. The van der Waals surface area contributed by atoms with E-state index in [1.165, 1.54) is 7.05 Å². The van der Waals surface area contributed by atoms with E-state index in [9.17, 15) is 9.59 Å². The van der Waals surface area contributed by atoms with E-state index in [0.717, 1.165) is 26.7 Å². The summed E-state index contributed by atoms with van der Waals surface area (Å²) < 4.78 is 2.00. The van der Waals surface area contributed by atoms with E-state index >= 15 is 0 Å². The molecule has 0 unspecified atom stereocenters. The van der Waals surface area contributed by atoms with Crippen LogP contribution < -0.4 is 0 Å². The number of carbonyl (C=O) groups excluding carboxylic acids is 2. The summed E-state index contributed by atoms with van der Waals surface area (Å²) in [6.45, 7) is 7.30. The number of hydrogen-bond acceptors (Lipinski definition) is 2. The van der Waals surface area contributed by atoms with Gasteiger partial charge in [-0.1, -0.05) is 30.3 Å². The molecule has 5 nitrogen and oxygen atoms in total. The van der Waals surface area contributed by atoms with Gasteiger partial charge in [0.2, 0.25) is 0 Å². The number of nitrogens with zero attached hydrogens (tertiary/aromatic N) is 3. The first-order valence-corrected chi connectivity index (χ1v) is 8.48. The van der Waals surface area contributed by atoms with Crippen molar-refractivity contribution in [3.63, 3.8) is 0 Å². The van der Waals surface area contributed by atoms with Crippen molar-refractivity contribution in [2.75, 3.05) is 7.05 Å². The van der Waals surface area contributed by atoms with Crippen molar-refractivity contribution in [1.82, 2.24) is 9.47 Å². The second-order valence-electron chi connectivity index (χ2n) is 6.53. The van der Waals surface area contributed by atoms with Crippen LogP contribution in [0.4, 0.5) is 5.69 Å². The van der Waals surface area contributed by atoms with Gasteiger partial charge in [0.05, 0.1) is 34.4 Å². The summed E-state index contributed by atoms with van der Waals surface area (Å²) in [6, 6.07) is 18.8. The van der Waals surface area contributed by atoms with Crippen LogP contribution in [0.2, 0.25) is 0 Å². The van der Waals surface area contributed by atoms with Gasteiger partial charge in [-0.05, 0) is 35.7 Å². The fraction of sp³-hybridized carbons (Fsp3) is 0.0455. The minimum Gasteiger partial charge on any atom is -0.309 e. The van der Waals surface area contributed by atoms with E-state index in [2.05, 4.69) is 4.85 Å². The first-order chi connectivity index (χ1) is 13.1. The molecule has 1 aromatic heterocycles. The van der Waals surface area contributed by atoms with Gasteiger partial charge in [-0.2, -0.15) is 0 Å². The second-order valence-corrected chi connectivity index (χ2v) is 6.53. The van der Waals surface area contributed by atoms with E-state index in [1.807, 2.05) is 47.0 Å². The van der Waals surface area contributed by atoms with Crippen molar-refractivity contribution in [3.05, 3.63) is 83.2 Å². The van der Waals surface area contributed by atoms with Gasteiger partial charge in [-0.15, -0.1) is 0 Å². The molecule has 3 aromatic carbocycles. The minimum atomic E-state index is -0.297. The quantitative estimate of drug-likeness (QED) is 0.373. The van der Waals surface area contributed by atoms with E-state index in [1.54, 1.807) is 18.2 Å². The van der Waals surface area contributed by atoms with Gasteiger partial charge in [-0.25, -0.2) is 4.85 Å². The third-order valence-electron chi connectivity index (χ3n) is 5.12. The molecular formula is C22H13N3O2. The van der Waals surface area contributed by atoms with Gasteiger partial charge in [0.15, 0.2) is 5.69 Å². The number of amides is 2. The van der Waals surface area contributed by atoms with Crippen LogP contribution in [0.25, 0.3) is 32.3 Å². The van der Waals surface area contributed by atoms with Crippen LogP contribution >= 0.6 is 0 Å². The summed E-state index contributed by atoms with van der Waals surface area (Å²) >= 11 is 0. The fourth-order valence-corrected chi connectivity index (χ4v) is 3.86. The van der Waals surface area contributed by atoms with Crippen molar-refractivity contribution >= 4 is 39.3 Å². The Labute approximate surface area is 154 Å². The lowest BCUT2D eigenvalue weighted by molar-refractivity contribution is 0.0693. The van der Waals surface area contributed by atoms with Crippen LogP contribution in [0.3, 0.4) is 0 Å². The van der Waals surface area contributed by atoms with Crippen LogP contribution in [0.5, 0.6) is 0 Å². The van der Waals surface area contributed by atoms with Gasteiger partial charge in [-0.3, -0.25) is 14.5 Å². The summed E-state index contributed by atoms with van der Waals surface area (Å²) in [7, 11) is 1.50. The minimum absolute atomic E-state index is 0.284. The number of aromatic nitrogens is 1. The number of carbonyl (C=O) groups is 2. The van der Waals surface area contributed by atoms with Gasteiger partial charge in [0, 0.05) is 12.4 Å². The molecule has 1 aliphatic heterocycles. The molecule has 2 amide bonds. The maximum Gasteiger partial charge on any atom is 0.263 e. The molecule has 0 spiro atoms. The molecule has 128 valence electrons. The summed E-state index contributed by atoms with van der Waals surface area (Å²) in [5, 5.41) is 1.95.